The van der Waals surface area contributed by atoms with Crippen molar-refractivity contribution in [3.8, 4) is 44.5 Å². The highest BCUT2D eigenvalue weighted by molar-refractivity contribution is 6.26. The zero-order valence-electron chi connectivity index (χ0n) is 39.6. The summed E-state index contributed by atoms with van der Waals surface area (Å²) in [6.45, 7) is 0. The summed E-state index contributed by atoms with van der Waals surface area (Å²) in [6, 6.07) is 23.1. The Kier molecular flexibility index (Phi) is 3.87. The summed E-state index contributed by atoms with van der Waals surface area (Å²) >= 11 is 0. The molecule has 0 saturated heterocycles. The maximum atomic E-state index is 9.37. The van der Waals surface area contributed by atoms with Gasteiger partial charge in [-0.3, -0.25) is 0 Å². The summed E-state index contributed by atoms with van der Waals surface area (Å²) in [5, 5.41) is 5.98. The molecule has 49 heavy (non-hydrogen) atoms. The normalized spacial score (nSPS) is 15.7. The van der Waals surface area contributed by atoms with Crippen LogP contribution in [0.5, 0.6) is 0 Å². The molecule has 0 aliphatic carbocycles. The minimum Gasteiger partial charge on any atom is -0.456 e. The van der Waals surface area contributed by atoms with Crippen molar-refractivity contribution in [2.24, 2.45) is 0 Å². The lowest BCUT2D eigenvalue weighted by molar-refractivity contribution is 0.669. The first-order chi connectivity index (χ1) is 30.1. The van der Waals surface area contributed by atoms with E-state index < -0.39 is 78.1 Å². The minimum atomic E-state index is -0.644. The molecule has 0 unspecified atom stereocenters. The molecule has 0 spiro atoms. The summed E-state index contributed by atoms with van der Waals surface area (Å²) in [5.41, 5.74) is 3.07. The van der Waals surface area contributed by atoms with Gasteiger partial charge in [0.25, 0.3) is 0 Å². The van der Waals surface area contributed by atoms with Gasteiger partial charge in [-0.2, -0.15) is 0 Å². The molecule has 0 aliphatic rings. The van der Waals surface area contributed by atoms with E-state index in [0.717, 1.165) is 43.4 Å². The Morgan fingerprint density at radius 2 is 0.939 bits per heavy atom. The molecule has 9 aromatic carbocycles. The summed E-state index contributed by atoms with van der Waals surface area (Å²) in [5.74, 6) is 0. The first-order valence-corrected chi connectivity index (χ1v) is 15.7. The van der Waals surface area contributed by atoms with Crippen LogP contribution in [0.25, 0.3) is 98.8 Å². The van der Waals surface area contributed by atoms with E-state index in [2.05, 4.69) is 0 Å². The number of hydrogen-bond donors (Lipinski definition) is 0. The fraction of sp³-hybridized carbons (Fsp3) is 0. The summed E-state index contributed by atoms with van der Waals surface area (Å²) in [4.78, 5) is 0. The molecule has 0 saturated carbocycles. The summed E-state index contributed by atoms with van der Waals surface area (Å²) in [7, 11) is 0. The fourth-order valence-corrected chi connectivity index (χ4v) is 6.95. The van der Waals surface area contributed by atoms with E-state index in [0.29, 0.717) is 33.1 Å². The molecule has 0 bridgehead atoms. The number of hydrogen-bond acceptors (Lipinski definition) is 1. The zero-order valence-corrected chi connectivity index (χ0v) is 25.6. The van der Waals surface area contributed by atoms with E-state index >= 15 is 0 Å². The Morgan fingerprint density at radius 1 is 0.367 bits per heavy atom. The second kappa shape index (κ2) is 11.1. The van der Waals surface area contributed by atoms with Gasteiger partial charge < -0.3 is 4.42 Å². The van der Waals surface area contributed by atoms with Crippen molar-refractivity contribution < 1.29 is 23.6 Å². The number of fused-ring (bicyclic) bond motifs is 6. The van der Waals surface area contributed by atoms with Crippen molar-refractivity contribution in [1.82, 2.24) is 0 Å². The highest BCUT2D eigenvalue weighted by Crippen LogP contribution is 2.47. The van der Waals surface area contributed by atoms with E-state index in [4.69, 9.17) is 18.1 Å². The van der Waals surface area contributed by atoms with Gasteiger partial charge in [-0.1, -0.05) is 157 Å². The molecule has 0 fully saturated rings. The standard InChI is InChI=1S/C48H30O/c1-3-12-31(13-4-1)33-22-24-34(25-23-33)46-38-16-7-9-18-40(38)47(41-19-10-8-17-39(41)46)42-20-11-21-44-48(42)43-29-36-27-26-35(32-14-5-2-6-15-32)28-37(36)30-45(43)49-44/h1-30H/i1D,2D,3D,4D,5D,6D,12D,13D,14D,15D,22D,23D,24D,25D. The molecular formula is C48H30O. The lowest BCUT2D eigenvalue weighted by Crippen LogP contribution is -1.91. The molecule has 0 amide bonds. The SMILES string of the molecule is [2H]c1c([2H])c([2H])c(-c2ccc3cc4c(cc3c2)oc2cccc(-c3c5ccccc5c(-c5c([2H])c([2H])c(-c6c([2H])c([2H])c([2H])c([2H])c6[2H])c([2H])c5[2H])c5ccccc35)c24)c([2H])c1[2H]. The number of rotatable bonds is 4. The van der Waals surface area contributed by atoms with E-state index in [9.17, 15) is 5.48 Å². The Balaban J connectivity index is 1.22. The van der Waals surface area contributed by atoms with Crippen molar-refractivity contribution >= 4 is 54.3 Å². The van der Waals surface area contributed by atoms with Crippen LogP contribution >= 0.6 is 0 Å². The van der Waals surface area contributed by atoms with Crippen LogP contribution in [0.3, 0.4) is 0 Å². The van der Waals surface area contributed by atoms with Crippen LogP contribution < -0.4 is 0 Å². The van der Waals surface area contributed by atoms with Crippen molar-refractivity contribution in [2.75, 3.05) is 0 Å². The van der Waals surface area contributed by atoms with E-state index in [1.165, 1.54) is 0 Å². The highest BCUT2D eigenvalue weighted by atomic mass is 16.3. The molecule has 0 radical (unpaired) electrons. The van der Waals surface area contributed by atoms with Crippen molar-refractivity contribution in [3.05, 3.63) is 182 Å². The van der Waals surface area contributed by atoms with Gasteiger partial charge >= 0.3 is 0 Å². The maximum absolute atomic E-state index is 9.37. The van der Waals surface area contributed by atoms with Crippen LogP contribution in [0.15, 0.2) is 186 Å². The monoisotopic (exact) mass is 636 g/mol. The smallest absolute Gasteiger partial charge is 0.136 e. The lowest BCUT2D eigenvalue weighted by Gasteiger charge is -2.18. The van der Waals surface area contributed by atoms with Crippen molar-refractivity contribution in [3.63, 3.8) is 0 Å². The second-order valence-electron chi connectivity index (χ2n) is 11.8. The molecule has 0 atom stereocenters. The average molecular weight is 637 g/mol. The van der Waals surface area contributed by atoms with Crippen LogP contribution in [-0.4, -0.2) is 0 Å². The molecule has 1 heteroatoms. The van der Waals surface area contributed by atoms with E-state index in [1.54, 1.807) is 12.1 Å². The Labute approximate surface area is 304 Å². The summed E-state index contributed by atoms with van der Waals surface area (Å²) in [6.07, 6.45) is 0. The summed E-state index contributed by atoms with van der Waals surface area (Å²) < 4.78 is 127. The van der Waals surface area contributed by atoms with Gasteiger partial charge in [-0.15, -0.1) is 0 Å². The van der Waals surface area contributed by atoms with E-state index in [1.807, 2.05) is 84.9 Å². The van der Waals surface area contributed by atoms with Gasteiger partial charge in [0.15, 0.2) is 0 Å². The highest BCUT2D eigenvalue weighted by Gasteiger charge is 2.20. The minimum absolute atomic E-state index is 0.00138. The molecule has 0 aliphatic heterocycles. The first-order valence-electron chi connectivity index (χ1n) is 22.7. The van der Waals surface area contributed by atoms with Gasteiger partial charge in [-0.25, -0.2) is 0 Å². The topological polar surface area (TPSA) is 13.1 Å². The molecular weight excluding hydrogens is 593 g/mol. The molecule has 1 nitrogen and oxygen atoms in total. The van der Waals surface area contributed by atoms with E-state index in [-0.39, 0.29) is 28.8 Å². The third-order valence-corrected chi connectivity index (χ3v) is 9.07. The van der Waals surface area contributed by atoms with Gasteiger partial charge in [0.05, 0.1) is 19.2 Å². The predicted molar refractivity (Wildman–Crippen MR) is 208 cm³/mol. The Hall–Kier alpha value is -6.44. The maximum Gasteiger partial charge on any atom is 0.136 e. The number of benzene rings is 9. The van der Waals surface area contributed by atoms with Crippen LogP contribution in [-0.2, 0) is 0 Å². The molecule has 10 aromatic rings. The van der Waals surface area contributed by atoms with Crippen LogP contribution in [0.2, 0.25) is 0 Å². The third kappa shape index (κ3) is 4.47. The van der Waals surface area contributed by atoms with Gasteiger partial charge in [-0.05, 0) is 101 Å². The molecule has 1 heterocycles. The molecule has 10 rings (SSSR count). The van der Waals surface area contributed by atoms with Gasteiger partial charge in [0.2, 0.25) is 0 Å². The second-order valence-corrected chi connectivity index (χ2v) is 11.8. The average Bonchev–Trinajstić information content (AvgIpc) is 3.66. The Morgan fingerprint density at radius 3 is 1.59 bits per heavy atom. The fourth-order valence-electron chi connectivity index (χ4n) is 6.95. The largest absolute Gasteiger partial charge is 0.456 e. The first kappa shape index (κ1) is 17.1. The van der Waals surface area contributed by atoms with Crippen LogP contribution in [0.1, 0.15) is 19.2 Å². The van der Waals surface area contributed by atoms with Crippen LogP contribution in [0.4, 0.5) is 0 Å². The third-order valence-electron chi connectivity index (χ3n) is 9.07. The molecule has 0 N–H and O–H groups in total. The molecule has 1 aromatic heterocycles. The van der Waals surface area contributed by atoms with Gasteiger partial charge in [0, 0.05) is 10.8 Å². The molecule has 228 valence electrons. The van der Waals surface area contributed by atoms with Crippen LogP contribution in [0, 0.1) is 0 Å². The van der Waals surface area contributed by atoms with Crippen molar-refractivity contribution in [2.45, 2.75) is 0 Å². The quantitative estimate of drug-likeness (QED) is 0.175. The van der Waals surface area contributed by atoms with Crippen molar-refractivity contribution in [1.29, 1.82) is 0 Å². The van der Waals surface area contributed by atoms with Gasteiger partial charge in [0.1, 0.15) is 11.2 Å². The Bertz CT molecular complexity index is 3540. The lowest BCUT2D eigenvalue weighted by atomic mass is 9.84. The zero-order chi connectivity index (χ0) is 44.5. The number of furan rings is 1. The predicted octanol–water partition coefficient (Wildman–Crippen LogP) is 13.7.